The van der Waals surface area contributed by atoms with Crippen LogP contribution in [0.3, 0.4) is 0 Å². The molecule has 0 amide bonds. The molecule has 1 N–H and O–H groups in total. The lowest BCUT2D eigenvalue weighted by atomic mass is 10.2. The van der Waals surface area contributed by atoms with Crippen molar-refractivity contribution in [1.29, 1.82) is 0 Å². The van der Waals surface area contributed by atoms with Crippen LogP contribution in [-0.2, 0) is 6.61 Å². The van der Waals surface area contributed by atoms with E-state index in [1.165, 1.54) is 11.8 Å². The van der Waals surface area contributed by atoms with Crippen molar-refractivity contribution < 1.29 is 5.11 Å². The number of benzene rings is 1. The number of rotatable bonds is 3. The van der Waals surface area contributed by atoms with Gasteiger partial charge in [-0.05, 0) is 51.5 Å². The zero-order valence-corrected chi connectivity index (χ0v) is 10.7. The molecule has 2 rings (SSSR count). The Morgan fingerprint density at radius 2 is 2.00 bits per heavy atom. The predicted molar refractivity (Wildman–Crippen MR) is 66.2 cm³/mol. The molecule has 16 heavy (non-hydrogen) atoms. The van der Waals surface area contributed by atoms with Gasteiger partial charge in [0.15, 0.2) is 5.16 Å². The molecule has 0 fully saturated rings. The Hall–Kier alpha value is -0.910. The van der Waals surface area contributed by atoms with Crippen LogP contribution in [0.1, 0.15) is 5.56 Å². The molecule has 0 unspecified atom stereocenters. The highest BCUT2D eigenvalue weighted by Gasteiger charge is 2.04. The molecule has 1 heterocycles. The first-order valence-corrected chi connectivity index (χ1v) is 6.24. The van der Waals surface area contributed by atoms with E-state index in [0.29, 0.717) is 5.16 Å². The van der Waals surface area contributed by atoms with Gasteiger partial charge in [-0.3, -0.25) is 0 Å². The molecule has 0 radical (unpaired) electrons. The highest BCUT2D eigenvalue weighted by atomic mass is 79.9. The maximum atomic E-state index is 8.99. The third-order valence-electron chi connectivity index (χ3n) is 1.92. The largest absolute Gasteiger partial charge is 0.392 e. The van der Waals surface area contributed by atoms with Gasteiger partial charge in [0, 0.05) is 21.8 Å². The van der Waals surface area contributed by atoms with Crippen LogP contribution in [0.4, 0.5) is 0 Å². The fraction of sp³-hybridized carbons (Fsp3) is 0.0909. The SMILES string of the molecule is OCc1ccc(Sc2ncccn2)c(Br)c1. The van der Waals surface area contributed by atoms with Gasteiger partial charge in [0.25, 0.3) is 0 Å². The Morgan fingerprint density at radius 3 is 2.62 bits per heavy atom. The van der Waals surface area contributed by atoms with Crippen LogP contribution in [-0.4, -0.2) is 15.1 Å². The Balaban J connectivity index is 2.22. The molecule has 0 aliphatic rings. The lowest BCUT2D eigenvalue weighted by Crippen LogP contribution is -1.86. The summed E-state index contributed by atoms with van der Waals surface area (Å²) in [6.07, 6.45) is 3.43. The van der Waals surface area contributed by atoms with Gasteiger partial charge in [-0.1, -0.05) is 6.07 Å². The minimum atomic E-state index is 0.0470. The molecule has 3 nitrogen and oxygen atoms in total. The van der Waals surface area contributed by atoms with Gasteiger partial charge >= 0.3 is 0 Å². The Labute approximate surface area is 106 Å². The number of aliphatic hydroxyl groups is 1. The van der Waals surface area contributed by atoms with Crippen LogP contribution in [0.5, 0.6) is 0 Å². The second-order valence-electron chi connectivity index (χ2n) is 3.06. The van der Waals surface area contributed by atoms with Crippen LogP contribution >= 0.6 is 27.7 Å². The number of halogens is 1. The Morgan fingerprint density at radius 1 is 1.25 bits per heavy atom. The predicted octanol–water partition coefficient (Wildman–Crippen LogP) is 2.88. The van der Waals surface area contributed by atoms with E-state index >= 15 is 0 Å². The van der Waals surface area contributed by atoms with E-state index in [1.54, 1.807) is 18.5 Å². The van der Waals surface area contributed by atoms with E-state index < -0.39 is 0 Å². The standard InChI is InChI=1S/C11H9BrN2OS/c12-9-6-8(7-15)2-3-10(9)16-11-13-4-1-5-14-11/h1-6,15H,7H2. The van der Waals surface area contributed by atoms with E-state index in [2.05, 4.69) is 25.9 Å². The maximum absolute atomic E-state index is 8.99. The van der Waals surface area contributed by atoms with Crippen LogP contribution in [0, 0.1) is 0 Å². The average molecular weight is 297 g/mol. The molecule has 0 bridgehead atoms. The Kier molecular flexibility index (Phi) is 3.93. The van der Waals surface area contributed by atoms with Gasteiger partial charge in [0.2, 0.25) is 0 Å². The molecule has 82 valence electrons. The van der Waals surface area contributed by atoms with Crippen LogP contribution in [0.25, 0.3) is 0 Å². The lowest BCUT2D eigenvalue weighted by Gasteiger charge is -2.04. The smallest absolute Gasteiger partial charge is 0.192 e. The van der Waals surface area contributed by atoms with E-state index in [4.69, 9.17) is 5.11 Å². The van der Waals surface area contributed by atoms with Gasteiger partial charge in [0.1, 0.15) is 0 Å². The van der Waals surface area contributed by atoms with Gasteiger partial charge in [-0.2, -0.15) is 0 Å². The van der Waals surface area contributed by atoms with Crippen molar-refractivity contribution in [3.05, 3.63) is 46.7 Å². The molecule has 5 heteroatoms. The number of hydrogen-bond acceptors (Lipinski definition) is 4. The summed E-state index contributed by atoms with van der Waals surface area (Å²) >= 11 is 4.94. The Bertz CT molecular complexity index is 479. The molecule has 2 aromatic rings. The monoisotopic (exact) mass is 296 g/mol. The van der Waals surface area contributed by atoms with Crippen molar-refractivity contribution in [2.75, 3.05) is 0 Å². The summed E-state index contributed by atoms with van der Waals surface area (Å²) in [4.78, 5) is 9.31. The molecule has 0 aliphatic carbocycles. The second-order valence-corrected chi connectivity index (χ2v) is 4.92. The summed E-state index contributed by atoms with van der Waals surface area (Å²) in [5.74, 6) is 0. The van der Waals surface area contributed by atoms with E-state index in [1.807, 2.05) is 18.2 Å². The van der Waals surface area contributed by atoms with Crippen molar-refractivity contribution in [3.8, 4) is 0 Å². The summed E-state index contributed by atoms with van der Waals surface area (Å²) in [5.41, 5.74) is 0.880. The first-order valence-electron chi connectivity index (χ1n) is 4.64. The number of aromatic nitrogens is 2. The number of aliphatic hydroxyl groups excluding tert-OH is 1. The van der Waals surface area contributed by atoms with Crippen LogP contribution in [0.15, 0.2) is 51.2 Å². The van der Waals surface area contributed by atoms with Crippen molar-refractivity contribution >= 4 is 27.7 Å². The van der Waals surface area contributed by atoms with Crippen molar-refractivity contribution in [2.24, 2.45) is 0 Å². The first kappa shape index (κ1) is 11.6. The minimum Gasteiger partial charge on any atom is -0.392 e. The molecule has 0 spiro atoms. The fourth-order valence-corrected chi connectivity index (χ4v) is 2.55. The first-order chi connectivity index (χ1) is 7.79. The third kappa shape index (κ3) is 2.81. The molecule has 1 aromatic carbocycles. The average Bonchev–Trinajstić information content (AvgIpc) is 2.33. The van der Waals surface area contributed by atoms with Crippen molar-refractivity contribution in [3.63, 3.8) is 0 Å². The summed E-state index contributed by atoms with van der Waals surface area (Å²) in [6, 6.07) is 7.51. The number of hydrogen-bond donors (Lipinski definition) is 1. The van der Waals surface area contributed by atoms with Gasteiger partial charge in [-0.15, -0.1) is 0 Å². The summed E-state index contributed by atoms with van der Waals surface area (Å²) in [6.45, 7) is 0.0470. The molecule has 0 saturated heterocycles. The number of nitrogens with zero attached hydrogens (tertiary/aromatic N) is 2. The van der Waals surface area contributed by atoms with Gasteiger partial charge in [-0.25, -0.2) is 9.97 Å². The van der Waals surface area contributed by atoms with Crippen LogP contribution < -0.4 is 0 Å². The quantitative estimate of drug-likeness (QED) is 0.885. The fourth-order valence-electron chi connectivity index (χ4n) is 1.16. The minimum absolute atomic E-state index is 0.0470. The molecule has 0 saturated carbocycles. The molecular weight excluding hydrogens is 288 g/mol. The van der Waals surface area contributed by atoms with Crippen molar-refractivity contribution in [1.82, 2.24) is 9.97 Å². The van der Waals surface area contributed by atoms with E-state index in [0.717, 1.165) is 14.9 Å². The van der Waals surface area contributed by atoms with Crippen molar-refractivity contribution in [2.45, 2.75) is 16.7 Å². The lowest BCUT2D eigenvalue weighted by molar-refractivity contribution is 0.281. The summed E-state index contributed by atoms with van der Waals surface area (Å²) in [7, 11) is 0. The van der Waals surface area contributed by atoms with Gasteiger partial charge < -0.3 is 5.11 Å². The zero-order chi connectivity index (χ0) is 11.4. The summed E-state index contributed by atoms with van der Waals surface area (Å²) < 4.78 is 0.941. The topological polar surface area (TPSA) is 46.0 Å². The maximum Gasteiger partial charge on any atom is 0.192 e. The molecule has 0 aliphatic heterocycles. The zero-order valence-electron chi connectivity index (χ0n) is 8.30. The van der Waals surface area contributed by atoms with Gasteiger partial charge in [0.05, 0.1) is 6.61 Å². The molecular formula is C11H9BrN2OS. The van der Waals surface area contributed by atoms with Crippen LogP contribution in [0.2, 0.25) is 0 Å². The molecule has 1 aromatic heterocycles. The van der Waals surface area contributed by atoms with E-state index in [9.17, 15) is 0 Å². The molecule has 0 atom stereocenters. The summed E-state index contributed by atoms with van der Waals surface area (Å²) in [5, 5.41) is 9.70. The highest BCUT2D eigenvalue weighted by Crippen LogP contribution is 2.31. The highest BCUT2D eigenvalue weighted by molar-refractivity contribution is 9.10. The normalized spacial score (nSPS) is 10.4. The van der Waals surface area contributed by atoms with E-state index in [-0.39, 0.29) is 6.61 Å². The second kappa shape index (κ2) is 5.43. The third-order valence-corrected chi connectivity index (χ3v) is 3.81.